The van der Waals surface area contributed by atoms with Gasteiger partial charge < -0.3 is 5.32 Å². The Balaban J connectivity index is 2.06. The highest BCUT2D eigenvalue weighted by molar-refractivity contribution is 7.89. The first-order valence-electron chi connectivity index (χ1n) is 6.61. The number of benzene rings is 1. The number of thiophene rings is 1. The van der Waals surface area contributed by atoms with Crippen LogP contribution in [-0.4, -0.2) is 27.0 Å². The third-order valence-corrected chi connectivity index (χ3v) is 5.27. The highest BCUT2D eigenvalue weighted by Crippen LogP contribution is 2.19. The van der Waals surface area contributed by atoms with Crippen LogP contribution in [0.2, 0.25) is 0 Å². The van der Waals surface area contributed by atoms with Crippen molar-refractivity contribution in [2.75, 3.05) is 11.9 Å². The SMILES string of the molecule is Cc1ccc(C(=O)Nc2ccc(S(=O)(=O)NCC(F)(F)F)cc2)s1. The molecule has 0 aliphatic carbocycles. The largest absolute Gasteiger partial charge is 0.402 e. The molecular formula is C14H13F3N2O3S2. The van der Waals surface area contributed by atoms with Crippen LogP contribution in [0.1, 0.15) is 14.5 Å². The minimum Gasteiger partial charge on any atom is -0.321 e. The van der Waals surface area contributed by atoms with Crippen LogP contribution in [0.5, 0.6) is 0 Å². The van der Waals surface area contributed by atoms with Crippen LogP contribution < -0.4 is 10.0 Å². The van der Waals surface area contributed by atoms with Crippen LogP contribution in [-0.2, 0) is 10.0 Å². The van der Waals surface area contributed by atoms with Crippen molar-refractivity contribution in [3.8, 4) is 0 Å². The van der Waals surface area contributed by atoms with E-state index >= 15 is 0 Å². The lowest BCUT2D eigenvalue weighted by molar-refractivity contribution is -0.121. The molecule has 10 heteroatoms. The molecule has 0 saturated carbocycles. The molecule has 2 N–H and O–H groups in total. The average Bonchev–Trinajstić information content (AvgIpc) is 2.92. The molecule has 24 heavy (non-hydrogen) atoms. The zero-order chi connectivity index (χ0) is 18.0. The van der Waals surface area contributed by atoms with Crippen molar-refractivity contribution in [2.24, 2.45) is 0 Å². The standard InChI is InChI=1S/C14H13F3N2O3S2/c1-9-2-7-12(23-9)13(20)19-10-3-5-11(6-4-10)24(21,22)18-8-14(15,16)17/h2-7,18H,8H2,1H3,(H,19,20). The maximum atomic E-state index is 12.1. The van der Waals surface area contributed by atoms with Gasteiger partial charge in [-0.2, -0.15) is 13.2 Å². The Morgan fingerprint density at radius 2 is 1.75 bits per heavy atom. The van der Waals surface area contributed by atoms with Gasteiger partial charge in [-0.1, -0.05) is 0 Å². The fourth-order valence-corrected chi connectivity index (χ4v) is 3.50. The Kier molecular flexibility index (Phi) is 5.31. The molecule has 1 amide bonds. The van der Waals surface area contributed by atoms with Crippen LogP contribution >= 0.6 is 11.3 Å². The van der Waals surface area contributed by atoms with E-state index in [2.05, 4.69) is 5.32 Å². The van der Waals surface area contributed by atoms with E-state index in [1.165, 1.54) is 28.2 Å². The first-order valence-corrected chi connectivity index (χ1v) is 8.91. The van der Waals surface area contributed by atoms with E-state index in [-0.39, 0.29) is 10.8 Å². The highest BCUT2D eigenvalue weighted by Gasteiger charge is 2.30. The van der Waals surface area contributed by atoms with Gasteiger partial charge in [-0.05, 0) is 43.3 Å². The topological polar surface area (TPSA) is 75.3 Å². The van der Waals surface area contributed by atoms with Gasteiger partial charge in [0.15, 0.2) is 0 Å². The quantitative estimate of drug-likeness (QED) is 0.839. The van der Waals surface area contributed by atoms with E-state index in [4.69, 9.17) is 0 Å². The number of anilines is 1. The summed E-state index contributed by atoms with van der Waals surface area (Å²) in [7, 11) is -4.27. The summed E-state index contributed by atoms with van der Waals surface area (Å²) in [5, 5.41) is 2.58. The number of aryl methyl sites for hydroxylation is 1. The summed E-state index contributed by atoms with van der Waals surface area (Å²) in [5.74, 6) is -0.348. The van der Waals surface area contributed by atoms with E-state index < -0.39 is 22.7 Å². The van der Waals surface area contributed by atoms with Gasteiger partial charge >= 0.3 is 6.18 Å². The van der Waals surface area contributed by atoms with Gasteiger partial charge in [0, 0.05) is 10.6 Å². The van der Waals surface area contributed by atoms with Crippen LogP contribution in [0.15, 0.2) is 41.3 Å². The monoisotopic (exact) mass is 378 g/mol. The number of sulfonamides is 1. The van der Waals surface area contributed by atoms with Crippen molar-refractivity contribution >= 4 is 33.0 Å². The lowest BCUT2D eigenvalue weighted by Crippen LogP contribution is -2.33. The maximum Gasteiger partial charge on any atom is 0.402 e. The summed E-state index contributed by atoms with van der Waals surface area (Å²) in [6, 6.07) is 8.31. The Bertz CT molecular complexity index is 828. The smallest absolute Gasteiger partial charge is 0.321 e. The second-order valence-corrected chi connectivity index (χ2v) is 7.88. The summed E-state index contributed by atoms with van der Waals surface area (Å²) >= 11 is 1.31. The minimum atomic E-state index is -4.64. The second-order valence-electron chi connectivity index (χ2n) is 4.83. The zero-order valence-electron chi connectivity index (χ0n) is 12.3. The number of carbonyl (C=O) groups excluding carboxylic acids is 1. The number of nitrogens with one attached hydrogen (secondary N) is 2. The molecule has 0 atom stereocenters. The molecule has 5 nitrogen and oxygen atoms in total. The molecule has 2 rings (SSSR count). The van der Waals surface area contributed by atoms with Crippen molar-refractivity contribution in [3.63, 3.8) is 0 Å². The zero-order valence-corrected chi connectivity index (χ0v) is 14.0. The molecule has 0 bridgehead atoms. The third-order valence-electron chi connectivity index (χ3n) is 2.85. The Labute approximate surface area is 140 Å². The number of carbonyl (C=O) groups is 1. The summed E-state index contributed by atoms with van der Waals surface area (Å²) in [6.07, 6.45) is -4.64. The molecule has 0 unspecified atom stereocenters. The lowest BCUT2D eigenvalue weighted by atomic mass is 10.3. The predicted molar refractivity (Wildman–Crippen MR) is 84.7 cm³/mol. The summed E-state index contributed by atoms with van der Waals surface area (Å²) in [4.78, 5) is 13.1. The summed E-state index contributed by atoms with van der Waals surface area (Å²) < 4.78 is 61.2. The average molecular weight is 378 g/mol. The fourth-order valence-electron chi connectivity index (χ4n) is 1.73. The van der Waals surface area contributed by atoms with E-state index in [0.717, 1.165) is 17.0 Å². The Morgan fingerprint density at radius 1 is 1.12 bits per heavy atom. The van der Waals surface area contributed by atoms with Crippen molar-refractivity contribution in [1.29, 1.82) is 0 Å². The molecule has 0 fully saturated rings. The molecule has 1 aromatic carbocycles. The predicted octanol–water partition coefficient (Wildman–Crippen LogP) is 3.15. The number of hydrogen-bond donors (Lipinski definition) is 2. The number of hydrogen-bond acceptors (Lipinski definition) is 4. The van der Waals surface area contributed by atoms with Crippen molar-refractivity contribution in [1.82, 2.24) is 4.72 Å². The minimum absolute atomic E-state index is 0.322. The number of alkyl halides is 3. The molecule has 0 spiro atoms. The third kappa shape index (κ3) is 5.05. The van der Waals surface area contributed by atoms with E-state index in [1.807, 2.05) is 6.92 Å². The number of amides is 1. The number of rotatable bonds is 5. The number of halogens is 3. The maximum absolute atomic E-state index is 12.1. The van der Waals surface area contributed by atoms with Gasteiger partial charge in [0.05, 0.1) is 9.77 Å². The molecule has 0 aliphatic heterocycles. The van der Waals surface area contributed by atoms with E-state index in [0.29, 0.717) is 10.6 Å². The summed E-state index contributed by atoms with van der Waals surface area (Å²) in [5.41, 5.74) is 0.334. The van der Waals surface area contributed by atoms with Crippen molar-refractivity contribution in [3.05, 3.63) is 46.2 Å². The molecule has 0 radical (unpaired) electrons. The normalized spacial score (nSPS) is 12.2. The van der Waals surface area contributed by atoms with Crippen LogP contribution in [0.25, 0.3) is 0 Å². The second kappa shape index (κ2) is 6.91. The first-order chi connectivity index (χ1) is 11.1. The van der Waals surface area contributed by atoms with Crippen LogP contribution in [0.3, 0.4) is 0 Å². The fraction of sp³-hybridized carbons (Fsp3) is 0.214. The van der Waals surface area contributed by atoms with Gasteiger partial charge in [-0.15, -0.1) is 11.3 Å². The van der Waals surface area contributed by atoms with Gasteiger partial charge in [0.2, 0.25) is 10.0 Å². The highest BCUT2D eigenvalue weighted by atomic mass is 32.2. The molecular weight excluding hydrogens is 365 g/mol. The molecule has 0 saturated heterocycles. The van der Waals surface area contributed by atoms with E-state index in [1.54, 1.807) is 12.1 Å². The van der Waals surface area contributed by atoms with Crippen molar-refractivity contribution in [2.45, 2.75) is 18.0 Å². The van der Waals surface area contributed by atoms with Crippen molar-refractivity contribution < 1.29 is 26.4 Å². The molecule has 130 valence electrons. The van der Waals surface area contributed by atoms with Gasteiger partial charge in [0.25, 0.3) is 5.91 Å². The molecule has 2 aromatic rings. The van der Waals surface area contributed by atoms with Gasteiger partial charge in [-0.3, -0.25) is 4.79 Å². The van der Waals surface area contributed by atoms with Crippen LogP contribution in [0.4, 0.5) is 18.9 Å². The summed E-state index contributed by atoms with van der Waals surface area (Å²) in [6.45, 7) is 0.209. The lowest BCUT2D eigenvalue weighted by Gasteiger charge is -2.10. The van der Waals surface area contributed by atoms with Gasteiger partial charge in [-0.25, -0.2) is 13.1 Å². The molecule has 1 aromatic heterocycles. The first kappa shape index (κ1) is 18.4. The molecule has 1 heterocycles. The Morgan fingerprint density at radius 3 is 2.25 bits per heavy atom. The Hall–Kier alpha value is -1.91. The van der Waals surface area contributed by atoms with Crippen LogP contribution in [0, 0.1) is 6.92 Å². The van der Waals surface area contributed by atoms with E-state index in [9.17, 15) is 26.4 Å². The molecule has 0 aliphatic rings. The van der Waals surface area contributed by atoms with Gasteiger partial charge in [0.1, 0.15) is 6.54 Å².